The van der Waals surface area contributed by atoms with Crippen molar-refractivity contribution >= 4 is 11.6 Å². The SMILES string of the molecule is CCC1=NN(C(=O)c2ccccc2OC)[C@@](O)(c2ccc(OC)cc2)C1. The first-order valence-electron chi connectivity index (χ1n) is 8.44. The number of carbonyl (C=O) groups excluding carboxylic acids is 1. The van der Waals surface area contributed by atoms with Gasteiger partial charge in [-0.05, 0) is 30.7 Å². The fourth-order valence-electron chi connectivity index (χ4n) is 3.05. The summed E-state index contributed by atoms with van der Waals surface area (Å²) in [7, 11) is 3.08. The third-order valence-corrected chi connectivity index (χ3v) is 4.53. The van der Waals surface area contributed by atoms with E-state index >= 15 is 0 Å². The summed E-state index contributed by atoms with van der Waals surface area (Å²) in [5, 5.41) is 16.9. The Labute approximate surface area is 152 Å². The fourth-order valence-corrected chi connectivity index (χ4v) is 3.05. The first kappa shape index (κ1) is 17.9. The number of hydrazone groups is 1. The van der Waals surface area contributed by atoms with Crippen molar-refractivity contribution in [1.29, 1.82) is 0 Å². The lowest BCUT2D eigenvalue weighted by Gasteiger charge is -2.32. The van der Waals surface area contributed by atoms with Gasteiger partial charge in [0, 0.05) is 17.7 Å². The van der Waals surface area contributed by atoms with Crippen molar-refractivity contribution in [2.45, 2.75) is 25.5 Å². The molecule has 1 aliphatic heterocycles. The summed E-state index contributed by atoms with van der Waals surface area (Å²) in [6.45, 7) is 1.95. The van der Waals surface area contributed by atoms with Crippen molar-refractivity contribution in [3.63, 3.8) is 0 Å². The summed E-state index contributed by atoms with van der Waals surface area (Å²) in [4.78, 5) is 13.2. The second kappa shape index (κ2) is 7.17. The molecule has 2 aromatic carbocycles. The Morgan fingerprint density at radius 3 is 2.46 bits per heavy atom. The number of benzene rings is 2. The Balaban J connectivity index is 2.03. The van der Waals surface area contributed by atoms with Crippen molar-refractivity contribution in [1.82, 2.24) is 5.01 Å². The van der Waals surface area contributed by atoms with E-state index in [0.29, 0.717) is 29.0 Å². The molecule has 26 heavy (non-hydrogen) atoms. The van der Waals surface area contributed by atoms with Gasteiger partial charge in [-0.15, -0.1) is 0 Å². The Morgan fingerprint density at radius 2 is 1.85 bits per heavy atom. The zero-order chi connectivity index (χ0) is 18.7. The lowest BCUT2D eigenvalue weighted by atomic mass is 9.96. The molecular formula is C20H22N2O4. The van der Waals surface area contributed by atoms with E-state index in [-0.39, 0.29) is 6.42 Å². The van der Waals surface area contributed by atoms with E-state index in [4.69, 9.17) is 9.47 Å². The normalized spacial score (nSPS) is 19.2. The average molecular weight is 354 g/mol. The summed E-state index contributed by atoms with van der Waals surface area (Å²) >= 11 is 0. The number of rotatable bonds is 5. The summed E-state index contributed by atoms with van der Waals surface area (Å²) in [5.41, 5.74) is 0.138. The van der Waals surface area contributed by atoms with Crippen LogP contribution in [0, 0.1) is 0 Å². The van der Waals surface area contributed by atoms with Crippen molar-refractivity contribution in [2.24, 2.45) is 5.10 Å². The molecule has 1 heterocycles. The molecular weight excluding hydrogens is 332 g/mol. The highest BCUT2D eigenvalue weighted by molar-refractivity contribution is 6.00. The van der Waals surface area contributed by atoms with Gasteiger partial charge in [0.1, 0.15) is 11.5 Å². The smallest absolute Gasteiger partial charge is 0.280 e. The van der Waals surface area contributed by atoms with Crippen molar-refractivity contribution in [2.75, 3.05) is 14.2 Å². The van der Waals surface area contributed by atoms with Crippen LogP contribution in [-0.4, -0.2) is 36.0 Å². The molecule has 1 N–H and O–H groups in total. The van der Waals surface area contributed by atoms with Gasteiger partial charge in [0.25, 0.3) is 5.91 Å². The van der Waals surface area contributed by atoms with E-state index in [1.807, 2.05) is 6.92 Å². The summed E-state index contributed by atoms with van der Waals surface area (Å²) < 4.78 is 10.5. The first-order chi connectivity index (χ1) is 12.5. The molecule has 3 rings (SSSR count). The van der Waals surface area contributed by atoms with E-state index in [1.165, 1.54) is 7.11 Å². The van der Waals surface area contributed by atoms with Crippen molar-refractivity contribution in [3.05, 3.63) is 59.7 Å². The zero-order valence-corrected chi connectivity index (χ0v) is 15.1. The molecule has 0 fully saturated rings. The van der Waals surface area contributed by atoms with E-state index in [2.05, 4.69) is 5.10 Å². The van der Waals surface area contributed by atoms with Gasteiger partial charge in [0.2, 0.25) is 0 Å². The third-order valence-electron chi connectivity index (χ3n) is 4.53. The number of ether oxygens (including phenoxy) is 2. The molecule has 0 bridgehead atoms. The number of carbonyl (C=O) groups is 1. The van der Waals surface area contributed by atoms with Gasteiger partial charge in [-0.25, -0.2) is 0 Å². The number of hydrogen-bond donors (Lipinski definition) is 1. The molecule has 0 spiro atoms. The second-order valence-electron chi connectivity index (χ2n) is 6.06. The highest BCUT2D eigenvalue weighted by atomic mass is 16.5. The van der Waals surface area contributed by atoms with E-state index in [1.54, 1.807) is 55.6 Å². The Morgan fingerprint density at radius 1 is 1.15 bits per heavy atom. The number of aliphatic hydroxyl groups is 1. The molecule has 2 aromatic rings. The lowest BCUT2D eigenvalue weighted by molar-refractivity contribution is -0.0766. The average Bonchev–Trinajstić information content (AvgIpc) is 3.05. The highest BCUT2D eigenvalue weighted by Crippen LogP contribution is 2.38. The highest BCUT2D eigenvalue weighted by Gasteiger charge is 2.46. The number of para-hydroxylation sites is 1. The van der Waals surface area contributed by atoms with Gasteiger partial charge in [0.05, 0.1) is 19.8 Å². The molecule has 0 unspecified atom stereocenters. The molecule has 136 valence electrons. The number of hydrogen-bond acceptors (Lipinski definition) is 5. The van der Waals surface area contributed by atoms with Crippen LogP contribution in [0.25, 0.3) is 0 Å². The molecule has 6 heteroatoms. The van der Waals surface area contributed by atoms with Crippen LogP contribution in [0.3, 0.4) is 0 Å². The molecule has 6 nitrogen and oxygen atoms in total. The zero-order valence-electron chi connectivity index (χ0n) is 15.1. The summed E-state index contributed by atoms with van der Waals surface area (Å²) in [5.74, 6) is 0.702. The summed E-state index contributed by atoms with van der Waals surface area (Å²) in [6, 6.07) is 13.9. The minimum Gasteiger partial charge on any atom is -0.497 e. The number of nitrogens with zero attached hydrogens (tertiary/aromatic N) is 2. The van der Waals surface area contributed by atoms with Crippen LogP contribution in [0.1, 0.15) is 35.7 Å². The second-order valence-corrected chi connectivity index (χ2v) is 6.06. The molecule has 0 radical (unpaired) electrons. The maximum Gasteiger partial charge on any atom is 0.280 e. The monoisotopic (exact) mass is 354 g/mol. The van der Waals surface area contributed by atoms with Crippen LogP contribution < -0.4 is 9.47 Å². The van der Waals surface area contributed by atoms with Crippen molar-refractivity contribution < 1.29 is 19.4 Å². The Hall–Kier alpha value is -2.86. The predicted molar refractivity (Wildman–Crippen MR) is 98.4 cm³/mol. The number of methoxy groups -OCH3 is 2. The van der Waals surface area contributed by atoms with E-state index in [0.717, 1.165) is 10.7 Å². The largest absolute Gasteiger partial charge is 0.497 e. The fraction of sp³-hybridized carbons (Fsp3) is 0.300. The van der Waals surface area contributed by atoms with Crippen LogP contribution in [0.15, 0.2) is 53.6 Å². The maximum atomic E-state index is 13.2. The van der Waals surface area contributed by atoms with Crippen LogP contribution in [0.5, 0.6) is 11.5 Å². The predicted octanol–water partition coefficient (Wildman–Crippen LogP) is 3.16. The van der Waals surface area contributed by atoms with Crippen LogP contribution in [-0.2, 0) is 5.72 Å². The van der Waals surface area contributed by atoms with Crippen molar-refractivity contribution in [3.8, 4) is 11.5 Å². The van der Waals surface area contributed by atoms with Gasteiger partial charge in [0.15, 0.2) is 5.72 Å². The number of amides is 1. The Kier molecular flexibility index (Phi) is 4.95. The van der Waals surface area contributed by atoms with Gasteiger partial charge in [-0.3, -0.25) is 4.79 Å². The molecule has 1 amide bonds. The van der Waals surface area contributed by atoms with Crippen LogP contribution in [0.2, 0.25) is 0 Å². The van der Waals surface area contributed by atoms with Crippen LogP contribution >= 0.6 is 0 Å². The Bertz CT molecular complexity index is 832. The molecule has 1 atom stereocenters. The maximum absolute atomic E-state index is 13.2. The standard InChI is InChI=1S/C20H22N2O4/c1-4-15-13-20(24,14-9-11-16(25-2)12-10-14)22(21-15)19(23)17-7-5-6-8-18(17)26-3/h5-12,24H,4,13H2,1-3H3/t20-/m0/s1. The summed E-state index contributed by atoms with van der Waals surface area (Å²) in [6.07, 6.45) is 0.908. The molecule has 1 aliphatic rings. The van der Waals surface area contributed by atoms with E-state index in [9.17, 15) is 9.90 Å². The van der Waals surface area contributed by atoms with Gasteiger partial charge in [-0.1, -0.05) is 31.2 Å². The molecule has 0 aromatic heterocycles. The van der Waals surface area contributed by atoms with E-state index < -0.39 is 11.6 Å². The minimum atomic E-state index is -1.55. The first-order valence-corrected chi connectivity index (χ1v) is 8.44. The molecule has 0 saturated carbocycles. The minimum absolute atomic E-state index is 0.261. The lowest BCUT2D eigenvalue weighted by Crippen LogP contribution is -2.43. The molecule has 0 saturated heterocycles. The topological polar surface area (TPSA) is 71.4 Å². The quantitative estimate of drug-likeness (QED) is 0.895. The van der Waals surface area contributed by atoms with Gasteiger partial charge >= 0.3 is 0 Å². The molecule has 0 aliphatic carbocycles. The van der Waals surface area contributed by atoms with Crippen LogP contribution in [0.4, 0.5) is 0 Å². The van der Waals surface area contributed by atoms with Gasteiger partial charge in [-0.2, -0.15) is 10.1 Å². The van der Waals surface area contributed by atoms with Gasteiger partial charge < -0.3 is 14.6 Å². The third kappa shape index (κ3) is 3.04.